The molecule has 0 bridgehead atoms. The minimum absolute atomic E-state index is 0.0175. The minimum Gasteiger partial charge on any atom is -0.484 e. The molecule has 4 heteroatoms. The summed E-state index contributed by atoms with van der Waals surface area (Å²) in [4.78, 5) is 11.6. The number of hydrogen-bond donors (Lipinski definition) is 2. The van der Waals surface area contributed by atoms with E-state index in [2.05, 4.69) is 22.8 Å². The molecule has 0 radical (unpaired) electrons. The van der Waals surface area contributed by atoms with Gasteiger partial charge < -0.3 is 15.4 Å². The van der Waals surface area contributed by atoms with Crippen molar-refractivity contribution in [3.05, 3.63) is 29.3 Å². The zero-order valence-corrected chi connectivity index (χ0v) is 11.2. The van der Waals surface area contributed by atoms with Crippen LogP contribution in [0.5, 0.6) is 5.75 Å². The third kappa shape index (κ3) is 2.89. The van der Waals surface area contributed by atoms with Crippen LogP contribution >= 0.6 is 0 Å². The van der Waals surface area contributed by atoms with Gasteiger partial charge in [0, 0.05) is 12.1 Å². The summed E-state index contributed by atoms with van der Waals surface area (Å²) < 4.78 is 5.56. The van der Waals surface area contributed by atoms with E-state index in [4.69, 9.17) is 4.74 Å². The highest BCUT2D eigenvalue weighted by atomic mass is 16.5. The Labute approximate surface area is 113 Å². The lowest BCUT2D eigenvalue weighted by atomic mass is 10.1. The van der Waals surface area contributed by atoms with Crippen molar-refractivity contribution in [1.29, 1.82) is 0 Å². The molecule has 0 heterocycles. The molecule has 2 N–H and O–H groups in total. The Morgan fingerprint density at radius 1 is 1.37 bits per heavy atom. The zero-order valence-electron chi connectivity index (χ0n) is 11.2. The summed E-state index contributed by atoms with van der Waals surface area (Å²) >= 11 is 0. The number of aryl methyl sites for hydroxylation is 1. The smallest absolute Gasteiger partial charge is 0.258 e. The van der Waals surface area contributed by atoms with Gasteiger partial charge in [-0.25, -0.2) is 0 Å². The van der Waals surface area contributed by atoms with Crippen LogP contribution in [0.1, 0.15) is 36.4 Å². The number of benzene rings is 1. The number of ether oxygens (including phenoxy) is 1. The molecule has 2 aliphatic carbocycles. The van der Waals surface area contributed by atoms with Crippen molar-refractivity contribution in [3.8, 4) is 5.75 Å². The Kier molecular flexibility index (Phi) is 3.42. The predicted octanol–water partition coefficient (Wildman–Crippen LogP) is 1.55. The van der Waals surface area contributed by atoms with Crippen LogP contribution in [-0.2, 0) is 11.2 Å². The maximum absolute atomic E-state index is 11.6. The average molecular weight is 260 g/mol. The van der Waals surface area contributed by atoms with E-state index in [1.807, 2.05) is 13.1 Å². The van der Waals surface area contributed by atoms with Gasteiger partial charge in [0.15, 0.2) is 6.61 Å². The normalized spacial score (nSPS) is 21.0. The fraction of sp³-hybridized carbons (Fsp3) is 0.533. The van der Waals surface area contributed by atoms with Gasteiger partial charge in [0.2, 0.25) is 0 Å². The standard InChI is InChI=1S/C15H20N2O2/c1-16-14-7-2-10-8-12(5-6-13(10)14)19-9-15(18)17-11-3-4-11/h5-6,8,11,14,16H,2-4,7,9H2,1H3,(H,17,18). The minimum atomic E-state index is -0.0175. The molecule has 102 valence electrons. The average Bonchev–Trinajstić information content (AvgIpc) is 3.13. The highest BCUT2D eigenvalue weighted by Crippen LogP contribution is 2.33. The van der Waals surface area contributed by atoms with Crippen molar-refractivity contribution in [2.24, 2.45) is 0 Å². The topological polar surface area (TPSA) is 50.4 Å². The van der Waals surface area contributed by atoms with Crippen LogP contribution in [0.3, 0.4) is 0 Å². The lowest BCUT2D eigenvalue weighted by molar-refractivity contribution is -0.123. The van der Waals surface area contributed by atoms with Gasteiger partial charge in [-0.2, -0.15) is 0 Å². The SMILES string of the molecule is CNC1CCc2cc(OCC(=O)NC3CC3)ccc21. The van der Waals surface area contributed by atoms with Gasteiger partial charge in [-0.1, -0.05) is 6.07 Å². The molecule has 0 aliphatic heterocycles. The highest BCUT2D eigenvalue weighted by molar-refractivity contribution is 5.78. The van der Waals surface area contributed by atoms with E-state index in [9.17, 15) is 4.79 Å². The van der Waals surface area contributed by atoms with E-state index in [0.29, 0.717) is 12.1 Å². The molecule has 1 fully saturated rings. The Morgan fingerprint density at radius 3 is 2.95 bits per heavy atom. The molecule has 0 spiro atoms. The van der Waals surface area contributed by atoms with E-state index < -0.39 is 0 Å². The Morgan fingerprint density at radius 2 is 2.21 bits per heavy atom. The second-order valence-corrected chi connectivity index (χ2v) is 5.37. The van der Waals surface area contributed by atoms with E-state index in [1.54, 1.807) is 0 Å². The number of nitrogens with one attached hydrogen (secondary N) is 2. The molecule has 1 aromatic carbocycles. The third-order valence-corrected chi connectivity index (χ3v) is 3.85. The van der Waals surface area contributed by atoms with Crippen LogP contribution in [0.4, 0.5) is 0 Å². The summed E-state index contributed by atoms with van der Waals surface area (Å²) in [5, 5.41) is 6.23. The van der Waals surface area contributed by atoms with E-state index in [0.717, 1.165) is 31.4 Å². The molecule has 0 aromatic heterocycles. The van der Waals surface area contributed by atoms with Crippen LogP contribution in [0, 0.1) is 0 Å². The second-order valence-electron chi connectivity index (χ2n) is 5.37. The van der Waals surface area contributed by atoms with Crippen molar-refractivity contribution < 1.29 is 9.53 Å². The van der Waals surface area contributed by atoms with Crippen LogP contribution in [-0.4, -0.2) is 25.6 Å². The molecule has 19 heavy (non-hydrogen) atoms. The van der Waals surface area contributed by atoms with Gasteiger partial charge >= 0.3 is 0 Å². The summed E-state index contributed by atoms with van der Waals surface area (Å²) in [6.07, 6.45) is 4.43. The fourth-order valence-corrected chi connectivity index (χ4v) is 2.63. The Bertz CT molecular complexity index is 483. The van der Waals surface area contributed by atoms with Crippen LogP contribution in [0.2, 0.25) is 0 Å². The highest BCUT2D eigenvalue weighted by Gasteiger charge is 2.24. The van der Waals surface area contributed by atoms with E-state index >= 15 is 0 Å². The zero-order chi connectivity index (χ0) is 13.2. The maximum Gasteiger partial charge on any atom is 0.258 e. The summed E-state index contributed by atoms with van der Waals surface area (Å²) in [5.41, 5.74) is 2.69. The first kappa shape index (κ1) is 12.5. The molecule has 3 rings (SSSR count). The Balaban J connectivity index is 1.58. The largest absolute Gasteiger partial charge is 0.484 e. The molecule has 1 aromatic rings. The van der Waals surface area contributed by atoms with Crippen molar-refractivity contribution in [1.82, 2.24) is 10.6 Å². The molecule has 0 saturated heterocycles. The maximum atomic E-state index is 11.6. The fourth-order valence-electron chi connectivity index (χ4n) is 2.63. The molecular formula is C15H20N2O2. The van der Waals surface area contributed by atoms with Crippen molar-refractivity contribution in [2.45, 2.75) is 37.8 Å². The number of hydrogen-bond acceptors (Lipinski definition) is 3. The van der Waals surface area contributed by atoms with Crippen LogP contribution in [0.15, 0.2) is 18.2 Å². The van der Waals surface area contributed by atoms with Crippen LogP contribution < -0.4 is 15.4 Å². The molecule has 1 amide bonds. The first-order valence-corrected chi connectivity index (χ1v) is 6.98. The quantitative estimate of drug-likeness (QED) is 0.844. The molecular weight excluding hydrogens is 240 g/mol. The molecule has 4 nitrogen and oxygen atoms in total. The summed E-state index contributed by atoms with van der Waals surface area (Å²) in [7, 11) is 1.99. The number of carbonyl (C=O) groups is 1. The van der Waals surface area contributed by atoms with E-state index in [1.165, 1.54) is 11.1 Å². The number of amides is 1. The molecule has 1 saturated carbocycles. The third-order valence-electron chi connectivity index (χ3n) is 3.85. The van der Waals surface area contributed by atoms with Gasteiger partial charge in [0.25, 0.3) is 5.91 Å². The summed E-state index contributed by atoms with van der Waals surface area (Å²) in [5.74, 6) is 0.776. The van der Waals surface area contributed by atoms with Gasteiger partial charge in [-0.15, -0.1) is 0 Å². The van der Waals surface area contributed by atoms with Crippen LogP contribution in [0.25, 0.3) is 0 Å². The van der Waals surface area contributed by atoms with Gasteiger partial charge in [0.1, 0.15) is 5.75 Å². The van der Waals surface area contributed by atoms with E-state index in [-0.39, 0.29) is 12.5 Å². The number of rotatable bonds is 5. The summed E-state index contributed by atoms with van der Waals surface area (Å²) in [6, 6.07) is 6.99. The lowest BCUT2D eigenvalue weighted by Gasteiger charge is -2.11. The van der Waals surface area contributed by atoms with Gasteiger partial charge in [-0.05, 0) is 56.0 Å². The molecule has 2 aliphatic rings. The number of carbonyl (C=O) groups excluding carboxylic acids is 1. The molecule has 1 unspecified atom stereocenters. The van der Waals surface area contributed by atoms with Crippen molar-refractivity contribution >= 4 is 5.91 Å². The van der Waals surface area contributed by atoms with Crippen molar-refractivity contribution in [3.63, 3.8) is 0 Å². The monoisotopic (exact) mass is 260 g/mol. The second kappa shape index (κ2) is 5.21. The van der Waals surface area contributed by atoms with Crippen molar-refractivity contribution in [2.75, 3.05) is 13.7 Å². The first-order chi connectivity index (χ1) is 9.26. The predicted molar refractivity (Wildman–Crippen MR) is 73.2 cm³/mol. The van der Waals surface area contributed by atoms with Gasteiger partial charge in [-0.3, -0.25) is 4.79 Å². The van der Waals surface area contributed by atoms with Gasteiger partial charge in [0.05, 0.1) is 0 Å². The Hall–Kier alpha value is -1.55. The lowest BCUT2D eigenvalue weighted by Crippen LogP contribution is -2.30. The summed E-state index contributed by atoms with van der Waals surface area (Å²) in [6.45, 7) is 0.116. The first-order valence-electron chi connectivity index (χ1n) is 6.98. The number of fused-ring (bicyclic) bond motifs is 1. The molecule has 1 atom stereocenters.